The van der Waals surface area contributed by atoms with E-state index in [1.807, 2.05) is 24.9 Å². The molecule has 0 unspecified atom stereocenters. The van der Waals surface area contributed by atoms with Gasteiger partial charge in [0.25, 0.3) is 0 Å². The molecule has 0 bridgehead atoms. The SMILES string of the molecule is Cc1nn(C)cc1C=CCCS. The van der Waals surface area contributed by atoms with Gasteiger partial charge in [0.2, 0.25) is 0 Å². The van der Waals surface area contributed by atoms with E-state index in [0.717, 1.165) is 17.9 Å². The predicted octanol–water partition coefficient (Wildman–Crippen LogP) is 2.06. The topological polar surface area (TPSA) is 17.8 Å². The van der Waals surface area contributed by atoms with Gasteiger partial charge in [-0.25, -0.2) is 0 Å². The lowest BCUT2D eigenvalue weighted by Gasteiger charge is -1.86. The zero-order valence-corrected chi connectivity index (χ0v) is 8.38. The van der Waals surface area contributed by atoms with Gasteiger partial charge in [-0.15, -0.1) is 0 Å². The Kier molecular flexibility index (Phi) is 3.41. The fraction of sp³-hybridized carbons (Fsp3) is 0.444. The molecule has 0 aliphatic carbocycles. The summed E-state index contributed by atoms with van der Waals surface area (Å²) in [4.78, 5) is 0. The van der Waals surface area contributed by atoms with Crippen LogP contribution in [0.4, 0.5) is 0 Å². The molecule has 66 valence electrons. The van der Waals surface area contributed by atoms with Crippen molar-refractivity contribution in [2.75, 3.05) is 5.75 Å². The zero-order chi connectivity index (χ0) is 8.97. The van der Waals surface area contributed by atoms with Crippen LogP contribution in [-0.4, -0.2) is 15.5 Å². The minimum atomic E-state index is 0.899. The molecule has 1 aromatic rings. The average molecular weight is 182 g/mol. The van der Waals surface area contributed by atoms with Crippen molar-refractivity contribution >= 4 is 18.7 Å². The lowest BCUT2D eigenvalue weighted by molar-refractivity contribution is 0.756. The Morgan fingerprint density at radius 3 is 2.92 bits per heavy atom. The van der Waals surface area contributed by atoms with E-state index in [4.69, 9.17) is 0 Å². The molecule has 0 atom stereocenters. The second kappa shape index (κ2) is 4.36. The molecule has 0 aromatic carbocycles. The summed E-state index contributed by atoms with van der Waals surface area (Å²) >= 11 is 4.13. The highest BCUT2D eigenvalue weighted by molar-refractivity contribution is 7.80. The van der Waals surface area contributed by atoms with Crippen molar-refractivity contribution in [2.45, 2.75) is 13.3 Å². The molecule has 2 nitrogen and oxygen atoms in total. The lowest BCUT2D eigenvalue weighted by atomic mass is 10.2. The minimum Gasteiger partial charge on any atom is -0.275 e. The van der Waals surface area contributed by atoms with Crippen molar-refractivity contribution in [3.05, 3.63) is 23.5 Å². The monoisotopic (exact) mass is 182 g/mol. The van der Waals surface area contributed by atoms with Crippen molar-refractivity contribution < 1.29 is 0 Å². The zero-order valence-electron chi connectivity index (χ0n) is 7.49. The van der Waals surface area contributed by atoms with Crippen LogP contribution in [0.3, 0.4) is 0 Å². The third-order valence-electron chi connectivity index (χ3n) is 1.64. The molecule has 0 amide bonds. The number of thiol groups is 1. The Balaban J connectivity index is 2.68. The fourth-order valence-corrected chi connectivity index (χ4v) is 1.22. The van der Waals surface area contributed by atoms with Crippen LogP contribution in [0.25, 0.3) is 6.08 Å². The van der Waals surface area contributed by atoms with Gasteiger partial charge >= 0.3 is 0 Å². The smallest absolute Gasteiger partial charge is 0.0665 e. The number of allylic oxidation sites excluding steroid dienone is 1. The molecule has 0 radical (unpaired) electrons. The average Bonchev–Trinajstić information content (AvgIpc) is 2.31. The van der Waals surface area contributed by atoms with Gasteiger partial charge < -0.3 is 0 Å². The Morgan fingerprint density at radius 2 is 2.42 bits per heavy atom. The van der Waals surface area contributed by atoms with Crippen LogP contribution in [-0.2, 0) is 7.05 Å². The Bertz CT molecular complexity index is 276. The fourth-order valence-electron chi connectivity index (χ4n) is 1.07. The summed E-state index contributed by atoms with van der Waals surface area (Å²) in [5, 5.41) is 4.24. The molecule has 0 aliphatic heterocycles. The number of rotatable bonds is 3. The first-order chi connectivity index (χ1) is 5.74. The van der Waals surface area contributed by atoms with E-state index < -0.39 is 0 Å². The highest BCUT2D eigenvalue weighted by atomic mass is 32.1. The molecule has 0 spiro atoms. The lowest BCUT2D eigenvalue weighted by Crippen LogP contribution is -1.86. The first kappa shape index (κ1) is 9.39. The summed E-state index contributed by atoms with van der Waals surface area (Å²) in [7, 11) is 1.93. The van der Waals surface area contributed by atoms with Crippen LogP contribution in [0.5, 0.6) is 0 Å². The summed E-state index contributed by atoms with van der Waals surface area (Å²) in [6.07, 6.45) is 7.25. The summed E-state index contributed by atoms with van der Waals surface area (Å²) in [5.74, 6) is 0.899. The molecule has 1 heterocycles. The Morgan fingerprint density at radius 1 is 1.67 bits per heavy atom. The van der Waals surface area contributed by atoms with E-state index in [1.165, 1.54) is 5.56 Å². The summed E-state index contributed by atoms with van der Waals surface area (Å²) in [6, 6.07) is 0. The van der Waals surface area contributed by atoms with Crippen LogP contribution >= 0.6 is 12.6 Å². The van der Waals surface area contributed by atoms with Crippen LogP contribution in [0.15, 0.2) is 12.3 Å². The number of aromatic nitrogens is 2. The Labute approximate surface area is 78.7 Å². The first-order valence-electron chi connectivity index (χ1n) is 4.01. The summed E-state index contributed by atoms with van der Waals surface area (Å²) in [6.45, 7) is 2.01. The second-order valence-corrected chi connectivity index (χ2v) is 3.21. The molecule has 0 fully saturated rings. The van der Waals surface area contributed by atoms with Gasteiger partial charge in [-0.1, -0.05) is 12.2 Å². The van der Waals surface area contributed by atoms with Crippen molar-refractivity contribution in [3.63, 3.8) is 0 Å². The van der Waals surface area contributed by atoms with E-state index in [2.05, 4.69) is 29.9 Å². The second-order valence-electron chi connectivity index (χ2n) is 2.76. The summed E-state index contributed by atoms with van der Waals surface area (Å²) < 4.78 is 1.83. The van der Waals surface area contributed by atoms with Gasteiger partial charge in [-0.05, 0) is 19.1 Å². The van der Waals surface area contributed by atoms with E-state index in [0.29, 0.717) is 0 Å². The van der Waals surface area contributed by atoms with Gasteiger partial charge in [0.1, 0.15) is 0 Å². The van der Waals surface area contributed by atoms with E-state index in [1.54, 1.807) is 0 Å². The van der Waals surface area contributed by atoms with Gasteiger partial charge in [0.05, 0.1) is 5.69 Å². The van der Waals surface area contributed by atoms with Crippen LogP contribution in [0, 0.1) is 6.92 Å². The largest absolute Gasteiger partial charge is 0.275 e. The van der Waals surface area contributed by atoms with E-state index in [-0.39, 0.29) is 0 Å². The molecule has 0 N–H and O–H groups in total. The number of hydrogen-bond donors (Lipinski definition) is 1. The molecule has 1 rings (SSSR count). The van der Waals surface area contributed by atoms with Gasteiger partial charge in [0.15, 0.2) is 0 Å². The summed E-state index contributed by atoms with van der Waals surface area (Å²) in [5.41, 5.74) is 2.27. The standard InChI is InChI=1S/C9H14N2S/c1-8-9(5-3-4-6-12)7-11(2)10-8/h3,5,7,12H,4,6H2,1-2H3. The molecule has 1 aromatic heterocycles. The maximum absolute atomic E-state index is 4.24. The maximum Gasteiger partial charge on any atom is 0.0665 e. The third kappa shape index (κ3) is 2.41. The van der Waals surface area contributed by atoms with Gasteiger partial charge in [0, 0.05) is 18.8 Å². The maximum atomic E-state index is 4.24. The number of hydrogen-bond acceptors (Lipinski definition) is 2. The molecule has 12 heavy (non-hydrogen) atoms. The van der Waals surface area contributed by atoms with Crippen molar-refractivity contribution in [3.8, 4) is 0 Å². The highest BCUT2D eigenvalue weighted by Crippen LogP contribution is 2.07. The van der Waals surface area contributed by atoms with Crippen molar-refractivity contribution in [1.29, 1.82) is 0 Å². The normalized spacial score (nSPS) is 11.2. The molecule has 0 saturated carbocycles. The van der Waals surface area contributed by atoms with Crippen LogP contribution in [0.1, 0.15) is 17.7 Å². The van der Waals surface area contributed by atoms with Crippen LogP contribution in [0.2, 0.25) is 0 Å². The van der Waals surface area contributed by atoms with Crippen molar-refractivity contribution in [2.24, 2.45) is 7.05 Å². The first-order valence-corrected chi connectivity index (χ1v) is 4.65. The van der Waals surface area contributed by atoms with Gasteiger partial charge in [-0.2, -0.15) is 17.7 Å². The molecule has 0 aliphatic rings. The Hall–Kier alpha value is -0.700. The van der Waals surface area contributed by atoms with E-state index in [9.17, 15) is 0 Å². The predicted molar refractivity (Wildman–Crippen MR) is 55.4 cm³/mol. The minimum absolute atomic E-state index is 0.899. The van der Waals surface area contributed by atoms with Gasteiger partial charge in [-0.3, -0.25) is 4.68 Å². The van der Waals surface area contributed by atoms with Crippen LogP contribution < -0.4 is 0 Å². The number of aryl methyl sites for hydroxylation is 2. The molecular weight excluding hydrogens is 168 g/mol. The number of nitrogens with zero attached hydrogens (tertiary/aromatic N) is 2. The molecular formula is C9H14N2S. The van der Waals surface area contributed by atoms with Crippen molar-refractivity contribution in [1.82, 2.24) is 9.78 Å². The quantitative estimate of drug-likeness (QED) is 0.708. The highest BCUT2D eigenvalue weighted by Gasteiger charge is 1.96. The van der Waals surface area contributed by atoms with E-state index >= 15 is 0 Å². The molecule has 3 heteroatoms. The third-order valence-corrected chi connectivity index (χ3v) is 1.90. The molecule has 0 saturated heterocycles.